The monoisotopic (exact) mass is 511 g/mol. The van der Waals surface area contributed by atoms with Crippen LogP contribution in [-0.4, -0.2) is 57.3 Å². The summed E-state index contributed by atoms with van der Waals surface area (Å²) in [6, 6.07) is -3.34. The Morgan fingerprint density at radius 3 is 1.44 bits per heavy atom. The molecule has 0 heterocycles. The number of carboxylic acids is 3. The van der Waals surface area contributed by atoms with E-state index in [4.69, 9.17) is 0 Å². The summed E-state index contributed by atoms with van der Waals surface area (Å²) in [5.74, 6) is -3.58. The largest absolute Gasteiger partial charge is 0.544 e. The molecule has 0 saturated carbocycles. The first kappa shape index (κ1) is 34.1. The molecule has 0 aliphatic rings. The Kier molecular flexibility index (Phi) is 19.1. The van der Waals surface area contributed by atoms with E-state index < -0.39 is 40.5 Å². The van der Waals surface area contributed by atoms with Crippen LogP contribution in [0.15, 0.2) is 12.2 Å². The van der Waals surface area contributed by atoms with E-state index in [1.165, 1.54) is 25.7 Å². The minimum absolute atomic E-state index is 0.201. The molecular weight excluding hydrogens is 458 g/mol. The van der Waals surface area contributed by atoms with Crippen molar-refractivity contribution in [3.8, 4) is 0 Å². The zero-order valence-electron chi connectivity index (χ0n) is 23.4. The van der Waals surface area contributed by atoms with Crippen molar-refractivity contribution in [2.75, 3.05) is 6.54 Å². The highest BCUT2D eigenvalue weighted by molar-refractivity contribution is 5.77. The zero-order chi connectivity index (χ0) is 27.4. The Balaban J connectivity index is 5.63. The number of allylic oxidation sites excluding steroid dienone is 2. The highest BCUT2D eigenvalue weighted by atomic mass is 16.4. The number of unbranched alkanes of at least 4 members (excludes halogenated alkanes) is 8. The van der Waals surface area contributed by atoms with Crippen molar-refractivity contribution in [3.63, 3.8) is 0 Å². The van der Waals surface area contributed by atoms with E-state index in [0.29, 0.717) is 25.7 Å². The Morgan fingerprint density at radius 2 is 1.06 bits per heavy atom. The number of carboxylic acid groups (broad SMARTS) is 3. The summed E-state index contributed by atoms with van der Waals surface area (Å²) in [4.78, 5) is 37.4. The van der Waals surface area contributed by atoms with Crippen LogP contribution in [0, 0.1) is 0 Å². The van der Waals surface area contributed by atoms with E-state index >= 15 is 0 Å². The van der Waals surface area contributed by atoms with E-state index in [9.17, 15) is 29.7 Å². The van der Waals surface area contributed by atoms with Crippen LogP contribution in [0.3, 0.4) is 0 Å². The van der Waals surface area contributed by atoms with Gasteiger partial charge in [-0.2, -0.15) is 0 Å². The third-order valence-electron chi connectivity index (χ3n) is 7.33. The molecule has 0 rings (SSSR count). The third-order valence-corrected chi connectivity index (χ3v) is 7.33. The molecule has 7 heteroatoms. The fraction of sp³-hybridized carbons (Fsp3) is 0.828. The van der Waals surface area contributed by atoms with Gasteiger partial charge < -0.3 is 20.1 Å². The first-order valence-corrected chi connectivity index (χ1v) is 14.4. The minimum atomic E-state index is -1.34. The van der Waals surface area contributed by atoms with Crippen molar-refractivity contribution in [3.05, 3.63) is 12.2 Å². The maximum absolute atomic E-state index is 12.5. The van der Waals surface area contributed by atoms with Crippen molar-refractivity contribution in [2.45, 2.75) is 149 Å². The number of nitrogens with zero attached hydrogens (tertiary/aromatic N) is 1. The van der Waals surface area contributed by atoms with E-state index in [1.807, 2.05) is 20.8 Å². The molecule has 210 valence electrons. The summed E-state index contributed by atoms with van der Waals surface area (Å²) in [6.07, 6.45) is 17.2. The van der Waals surface area contributed by atoms with E-state index in [2.05, 4.69) is 19.1 Å². The number of carbonyl (C=O) groups excluding carboxylic acids is 1. The highest BCUT2D eigenvalue weighted by Gasteiger charge is 2.54. The third kappa shape index (κ3) is 11.4. The molecule has 0 saturated heterocycles. The second-order valence-corrected chi connectivity index (χ2v) is 10.2. The maximum atomic E-state index is 12.5. The van der Waals surface area contributed by atoms with Gasteiger partial charge in [0.15, 0.2) is 12.1 Å². The number of aliphatic carboxylic acids is 3. The zero-order valence-corrected chi connectivity index (χ0v) is 23.4. The van der Waals surface area contributed by atoms with Gasteiger partial charge in [0, 0.05) is 19.3 Å². The quantitative estimate of drug-likeness (QED) is 0.0975. The topological polar surface area (TPSA) is 115 Å². The lowest BCUT2D eigenvalue weighted by Gasteiger charge is -2.52. The molecule has 0 spiro atoms. The number of rotatable bonds is 24. The Bertz CT molecular complexity index is 588. The molecule has 2 N–H and O–H groups in total. The fourth-order valence-corrected chi connectivity index (χ4v) is 5.56. The summed E-state index contributed by atoms with van der Waals surface area (Å²) in [6.45, 7) is 7.97. The Hall–Kier alpha value is -1.89. The number of quaternary nitrogens is 1. The van der Waals surface area contributed by atoms with Gasteiger partial charge in [-0.1, -0.05) is 72.0 Å². The molecule has 0 aliphatic heterocycles. The molecular formula is C29H53NO6. The molecule has 0 aromatic rings. The van der Waals surface area contributed by atoms with Crippen LogP contribution in [-0.2, 0) is 14.4 Å². The van der Waals surface area contributed by atoms with Crippen LogP contribution < -0.4 is 5.11 Å². The van der Waals surface area contributed by atoms with Gasteiger partial charge in [-0.25, -0.2) is 9.59 Å². The summed E-state index contributed by atoms with van der Waals surface area (Å²) in [5, 5.41) is 32.8. The molecule has 3 unspecified atom stereocenters. The lowest BCUT2D eigenvalue weighted by atomic mass is 9.91. The number of hydrogen-bond acceptors (Lipinski definition) is 4. The summed E-state index contributed by atoms with van der Waals surface area (Å²) in [7, 11) is 0. The molecule has 0 amide bonds. The molecule has 0 fully saturated rings. The van der Waals surface area contributed by atoms with Crippen molar-refractivity contribution < 1.29 is 34.2 Å². The second-order valence-electron chi connectivity index (χ2n) is 10.2. The molecule has 0 aromatic heterocycles. The second kappa shape index (κ2) is 20.2. The van der Waals surface area contributed by atoms with E-state index in [1.54, 1.807) is 0 Å². The van der Waals surface area contributed by atoms with Gasteiger partial charge in [0.25, 0.3) is 0 Å². The first-order chi connectivity index (χ1) is 17.2. The van der Waals surface area contributed by atoms with E-state index in [0.717, 1.165) is 32.1 Å². The van der Waals surface area contributed by atoms with Crippen LogP contribution in [0.4, 0.5) is 0 Å². The van der Waals surface area contributed by atoms with Gasteiger partial charge in [-0.15, -0.1) is 0 Å². The van der Waals surface area contributed by atoms with Crippen molar-refractivity contribution in [1.82, 2.24) is 0 Å². The van der Waals surface area contributed by atoms with E-state index in [-0.39, 0.29) is 25.8 Å². The highest BCUT2D eigenvalue weighted by Crippen LogP contribution is 2.34. The van der Waals surface area contributed by atoms with Crippen LogP contribution in [0.5, 0.6) is 0 Å². The van der Waals surface area contributed by atoms with Gasteiger partial charge in [0.1, 0.15) is 6.04 Å². The number of carbonyl (C=O) groups is 3. The summed E-state index contributed by atoms with van der Waals surface area (Å²) >= 11 is 0. The summed E-state index contributed by atoms with van der Waals surface area (Å²) < 4.78 is -0.444. The van der Waals surface area contributed by atoms with Gasteiger partial charge in [0.05, 0.1) is 12.5 Å². The van der Waals surface area contributed by atoms with Gasteiger partial charge >= 0.3 is 11.9 Å². The predicted molar refractivity (Wildman–Crippen MR) is 142 cm³/mol. The molecule has 0 bridgehead atoms. The Labute approximate surface area is 219 Å². The summed E-state index contributed by atoms with van der Waals surface area (Å²) in [5.41, 5.74) is 0. The van der Waals surface area contributed by atoms with Crippen LogP contribution >= 0.6 is 0 Å². The lowest BCUT2D eigenvalue weighted by molar-refractivity contribution is -0.975. The number of hydrogen-bond donors (Lipinski definition) is 2. The SMILES string of the molecule is CCCCCC/C=C/CCCCCC[N+](C(CCC)C(=O)[O-])(C(CCC)C(=O)O)C(CCC)C(=O)O. The molecule has 0 radical (unpaired) electrons. The molecule has 0 aliphatic carbocycles. The van der Waals surface area contributed by atoms with Crippen molar-refractivity contribution in [2.24, 2.45) is 0 Å². The normalized spacial score (nSPS) is 15.9. The molecule has 3 atom stereocenters. The maximum Gasteiger partial charge on any atom is 0.362 e. The lowest BCUT2D eigenvalue weighted by Crippen LogP contribution is -2.74. The van der Waals surface area contributed by atoms with Gasteiger partial charge in [0.2, 0.25) is 0 Å². The smallest absolute Gasteiger partial charge is 0.362 e. The fourth-order valence-electron chi connectivity index (χ4n) is 5.56. The molecule has 7 nitrogen and oxygen atoms in total. The average Bonchev–Trinajstić information content (AvgIpc) is 2.83. The van der Waals surface area contributed by atoms with Gasteiger partial charge in [-0.3, -0.25) is 4.48 Å². The first-order valence-electron chi connectivity index (χ1n) is 14.4. The molecule has 36 heavy (non-hydrogen) atoms. The average molecular weight is 512 g/mol. The predicted octanol–water partition coefficient (Wildman–Crippen LogP) is 5.71. The van der Waals surface area contributed by atoms with Crippen molar-refractivity contribution >= 4 is 17.9 Å². The van der Waals surface area contributed by atoms with Gasteiger partial charge in [-0.05, 0) is 51.4 Å². The van der Waals surface area contributed by atoms with Crippen LogP contribution in [0.2, 0.25) is 0 Å². The standard InChI is InChI=1S/C29H53NO6/c1-5-9-10-11-12-13-14-15-16-17-18-19-23-30(24(20-6-2)27(31)32,25(21-7-3)28(33)34)26(22-8-4)29(35)36/h13-14,24-26H,5-12,15-23H2,1-4H3,(H2-,31,32,33,34,35,36)/b14-13+. The van der Waals surface area contributed by atoms with Crippen LogP contribution in [0.1, 0.15) is 130 Å². The van der Waals surface area contributed by atoms with Crippen molar-refractivity contribution in [1.29, 1.82) is 0 Å². The van der Waals surface area contributed by atoms with Crippen LogP contribution in [0.25, 0.3) is 0 Å². The molecule has 0 aromatic carbocycles. The minimum Gasteiger partial charge on any atom is -0.544 e. The Morgan fingerprint density at radius 1 is 0.639 bits per heavy atom.